The summed E-state index contributed by atoms with van der Waals surface area (Å²) >= 11 is 0. The normalized spacial score (nSPS) is 18.8. The van der Waals surface area contributed by atoms with Gasteiger partial charge in [0.15, 0.2) is 0 Å². The zero-order valence-electron chi connectivity index (χ0n) is 13.6. The van der Waals surface area contributed by atoms with Crippen LogP contribution < -0.4 is 5.32 Å². The Kier molecular flexibility index (Phi) is 4.25. The van der Waals surface area contributed by atoms with E-state index in [0.717, 1.165) is 44.1 Å². The van der Waals surface area contributed by atoms with Crippen LogP contribution in [0, 0.1) is 5.92 Å². The Bertz CT molecular complexity index is 689. The van der Waals surface area contributed by atoms with Crippen LogP contribution in [0.4, 0.5) is 0 Å². The molecule has 1 saturated carbocycles. The Morgan fingerprint density at radius 1 is 1.17 bits per heavy atom. The highest BCUT2D eigenvalue weighted by molar-refractivity contribution is 5.97. The molecule has 1 amide bonds. The van der Waals surface area contributed by atoms with Crippen molar-refractivity contribution < 1.29 is 4.79 Å². The molecule has 2 aromatic rings. The van der Waals surface area contributed by atoms with Gasteiger partial charge in [-0.1, -0.05) is 12.1 Å². The minimum atomic E-state index is 0.0572. The summed E-state index contributed by atoms with van der Waals surface area (Å²) in [4.78, 5) is 14.9. The second kappa shape index (κ2) is 6.68. The van der Waals surface area contributed by atoms with E-state index < -0.39 is 0 Å². The van der Waals surface area contributed by atoms with Crippen molar-refractivity contribution >= 4 is 5.91 Å². The lowest BCUT2D eigenvalue weighted by molar-refractivity contribution is 0.0705. The van der Waals surface area contributed by atoms with E-state index in [1.807, 2.05) is 29.2 Å². The molecule has 1 aliphatic heterocycles. The third-order valence-corrected chi connectivity index (χ3v) is 4.90. The van der Waals surface area contributed by atoms with E-state index in [-0.39, 0.29) is 5.91 Å². The quantitative estimate of drug-likeness (QED) is 0.895. The van der Waals surface area contributed by atoms with Gasteiger partial charge < -0.3 is 10.2 Å². The molecule has 1 aromatic heterocycles. The molecule has 2 aliphatic rings. The lowest BCUT2D eigenvalue weighted by Gasteiger charge is -2.33. The molecular formula is C17H22N6O. The van der Waals surface area contributed by atoms with Gasteiger partial charge in [0, 0.05) is 19.1 Å². The van der Waals surface area contributed by atoms with E-state index in [1.54, 1.807) is 0 Å². The molecule has 126 valence electrons. The van der Waals surface area contributed by atoms with Crippen LogP contribution >= 0.6 is 0 Å². The van der Waals surface area contributed by atoms with Crippen molar-refractivity contribution in [2.75, 3.05) is 19.6 Å². The summed E-state index contributed by atoms with van der Waals surface area (Å²) in [5, 5.41) is 14.9. The maximum atomic E-state index is 12.9. The predicted molar refractivity (Wildman–Crippen MR) is 88.8 cm³/mol. The van der Waals surface area contributed by atoms with Crippen LogP contribution in [-0.4, -0.2) is 56.7 Å². The van der Waals surface area contributed by atoms with Gasteiger partial charge >= 0.3 is 0 Å². The Morgan fingerprint density at radius 2 is 1.96 bits per heavy atom. The first-order valence-electron chi connectivity index (χ1n) is 8.66. The van der Waals surface area contributed by atoms with Gasteiger partial charge in [0.2, 0.25) is 0 Å². The summed E-state index contributed by atoms with van der Waals surface area (Å²) < 4.78 is 1.54. The molecule has 1 aliphatic carbocycles. The predicted octanol–water partition coefficient (Wildman–Crippen LogP) is 1.27. The Morgan fingerprint density at radius 3 is 2.67 bits per heavy atom. The third kappa shape index (κ3) is 3.31. The van der Waals surface area contributed by atoms with Crippen molar-refractivity contribution in [3.8, 4) is 5.69 Å². The highest BCUT2D eigenvalue weighted by Crippen LogP contribution is 2.28. The molecule has 0 spiro atoms. The number of amides is 1. The van der Waals surface area contributed by atoms with E-state index in [4.69, 9.17) is 0 Å². The summed E-state index contributed by atoms with van der Waals surface area (Å²) in [7, 11) is 0. The first-order valence-corrected chi connectivity index (χ1v) is 8.66. The van der Waals surface area contributed by atoms with Gasteiger partial charge in [0.05, 0.1) is 11.3 Å². The molecule has 1 N–H and O–H groups in total. The van der Waals surface area contributed by atoms with Crippen molar-refractivity contribution in [1.29, 1.82) is 0 Å². The number of hydrogen-bond donors (Lipinski definition) is 1. The largest absolute Gasteiger partial charge is 0.338 e. The SMILES string of the molecule is O=C(c1ccccc1-n1cnnn1)N1CCC(NCC2CC2)CC1. The molecule has 0 atom stereocenters. The van der Waals surface area contributed by atoms with Crippen LogP contribution in [0.25, 0.3) is 5.69 Å². The summed E-state index contributed by atoms with van der Waals surface area (Å²) in [6.07, 6.45) is 6.30. The van der Waals surface area contributed by atoms with Gasteiger partial charge in [-0.3, -0.25) is 4.79 Å². The number of para-hydroxylation sites is 1. The summed E-state index contributed by atoms with van der Waals surface area (Å²) in [6.45, 7) is 2.73. The number of carbonyl (C=O) groups excluding carboxylic acids is 1. The Hall–Kier alpha value is -2.28. The van der Waals surface area contributed by atoms with Crippen LogP contribution in [-0.2, 0) is 0 Å². The van der Waals surface area contributed by atoms with Crippen molar-refractivity contribution in [1.82, 2.24) is 30.4 Å². The van der Waals surface area contributed by atoms with Crippen molar-refractivity contribution in [3.05, 3.63) is 36.2 Å². The average Bonchev–Trinajstić information content (AvgIpc) is 3.31. The number of aromatic nitrogens is 4. The van der Waals surface area contributed by atoms with Gasteiger partial charge in [-0.15, -0.1) is 5.10 Å². The minimum absolute atomic E-state index is 0.0572. The fraction of sp³-hybridized carbons (Fsp3) is 0.529. The first-order chi connectivity index (χ1) is 11.8. The molecule has 24 heavy (non-hydrogen) atoms. The molecule has 1 saturated heterocycles. The number of benzene rings is 1. The second-order valence-corrected chi connectivity index (χ2v) is 6.69. The number of tetrazole rings is 1. The number of carbonyl (C=O) groups is 1. The van der Waals surface area contributed by atoms with Crippen LogP contribution in [0.3, 0.4) is 0 Å². The molecule has 2 fully saturated rings. The topological polar surface area (TPSA) is 75.9 Å². The molecule has 4 rings (SSSR count). The lowest BCUT2D eigenvalue weighted by atomic mass is 10.0. The minimum Gasteiger partial charge on any atom is -0.338 e. The van der Waals surface area contributed by atoms with E-state index >= 15 is 0 Å². The van der Waals surface area contributed by atoms with Crippen LogP contribution in [0.1, 0.15) is 36.0 Å². The molecule has 7 heteroatoms. The van der Waals surface area contributed by atoms with Crippen LogP contribution in [0.15, 0.2) is 30.6 Å². The smallest absolute Gasteiger partial charge is 0.256 e. The van der Waals surface area contributed by atoms with Crippen LogP contribution in [0.5, 0.6) is 0 Å². The van der Waals surface area contributed by atoms with Crippen molar-refractivity contribution in [2.45, 2.75) is 31.7 Å². The number of nitrogens with one attached hydrogen (secondary N) is 1. The van der Waals surface area contributed by atoms with E-state index in [0.29, 0.717) is 11.6 Å². The zero-order chi connectivity index (χ0) is 16.4. The fourth-order valence-electron chi connectivity index (χ4n) is 3.24. The zero-order valence-corrected chi connectivity index (χ0v) is 13.6. The van der Waals surface area contributed by atoms with Gasteiger partial charge in [-0.25, -0.2) is 0 Å². The molecule has 0 bridgehead atoms. The maximum absolute atomic E-state index is 12.9. The average molecular weight is 326 g/mol. The fourth-order valence-corrected chi connectivity index (χ4v) is 3.24. The van der Waals surface area contributed by atoms with E-state index in [2.05, 4.69) is 20.8 Å². The monoisotopic (exact) mass is 326 g/mol. The molecule has 7 nitrogen and oxygen atoms in total. The maximum Gasteiger partial charge on any atom is 0.256 e. The molecule has 0 radical (unpaired) electrons. The molecule has 1 aromatic carbocycles. The number of piperidine rings is 1. The summed E-state index contributed by atoms with van der Waals surface area (Å²) in [5.74, 6) is 0.953. The highest BCUT2D eigenvalue weighted by atomic mass is 16.2. The highest BCUT2D eigenvalue weighted by Gasteiger charge is 2.27. The van der Waals surface area contributed by atoms with Gasteiger partial charge in [0.1, 0.15) is 6.33 Å². The first kappa shape index (κ1) is 15.3. The Labute approximate surface area is 141 Å². The van der Waals surface area contributed by atoms with Gasteiger partial charge in [0.25, 0.3) is 5.91 Å². The second-order valence-electron chi connectivity index (χ2n) is 6.69. The number of likely N-dealkylation sites (tertiary alicyclic amines) is 1. The van der Waals surface area contributed by atoms with Crippen molar-refractivity contribution in [3.63, 3.8) is 0 Å². The van der Waals surface area contributed by atoms with Crippen LogP contribution in [0.2, 0.25) is 0 Å². The van der Waals surface area contributed by atoms with E-state index in [9.17, 15) is 4.79 Å². The van der Waals surface area contributed by atoms with Gasteiger partial charge in [-0.2, -0.15) is 4.68 Å². The van der Waals surface area contributed by atoms with Gasteiger partial charge in [-0.05, 0) is 60.7 Å². The number of rotatable bonds is 5. The third-order valence-electron chi connectivity index (χ3n) is 4.90. The number of hydrogen-bond acceptors (Lipinski definition) is 5. The molecule has 0 unspecified atom stereocenters. The molecular weight excluding hydrogens is 304 g/mol. The van der Waals surface area contributed by atoms with E-state index in [1.165, 1.54) is 23.9 Å². The van der Waals surface area contributed by atoms with Crippen molar-refractivity contribution in [2.24, 2.45) is 5.92 Å². The number of nitrogens with zero attached hydrogens (tertiary/aromatic N) is 5. The summed E-state index contributed by atoms with van der Waals surface area (Å²) in [5.41, 5.74) is 1.37. The summed E-state index contributed by atoms with van der Waals surface area (Å²) in [6, 6.07) is 8.03. The lowest BCUT2D eigenvalue weighted by Crippen LogP contribution is -2.45. The molecule has 2 heterocycles. The Balaban J connectivity index is 1.41. The standard InChI is InChI=1S/C17H22N6O/c24-17(15-3-1-2-4-16(15)23-12-19-20-21-23)22-9-7-14(8-10-22)18-11-13-5-6-13/h1-4,12-14,18H,5-11H2.